The summed E-state index contributed by atoms with van der Waals surface area (Å²) < 4.78 is 5.13. The molecule has 0 aliphatic rings. The minimum absolute atomic E-state index is 0.0443. The molecular weight excluding hydrogens is 204 g/mol. The van der Waals surface area contributed by atoms with Gasteiger partial charge in [-0.1, -0.05) is 12.1 Å². The highest BCUT2D eigenvalue weighted by atomic mass is 16.5. The molecule has 1 aromatic carbocycles. The van der Waals surface area contributed by atoms with Crippen LogP contribution in [0.5, 0.6) is 5.88 Å². The van der Waals surface area contributed by atoms with Crippen LogP contribution in [0.3, 0.4) is 0 Å². The van der Waals surface area contributed by atoms with Gasteiger partial charge in [0.05, 0.1) is 24.6 Å². The van der Waals surface area contributed by atoms with Crippen molar-refractivity contribution in [3.63, 3.8) is 0 Å². The molecule has 0 saturated carbocycles. The lowest BCUT2D eigenvalue weighted by Crippen LogP contribution is -2.04. The van der Waals surface area contributed by atoms with E-state index in [1.807, 2.05) is 24.3 Å². The van der Waals surface area contributed by atoms with Gasteiger partial charge in [0.25, 0.3) is 0 Å². The number of carbonyl (C=O) groups is 1. The number of ether oxygens (including phenoxy) is 1. The Kier molecular flexibility index (Phi) is 2.81. The van der Waals surface area contributed by atoms with E-state index >= 15 is 0 Å². The fourth-order valence-corrected chi connectivity index (χ4v) is 1.53. The van der Waals surface area contributed by atoms with Crippen molar-refractivity contribution in [1.82, 2.24) is 9.97 Å². The topological polar surface area (TPSA) is 52.1 Å². The van der Waals surface area contributed by atoms with Crippen LogP contribution in [-0.4, -0.2) is 22.9 Å². The number of Topliss-reactive ketones (excluding diaryl/α,β-unsaturated/α-hetero) is 1. The molecule has 0 bridgehead atoms. The van der Waals surface area contributed by atoms with Gasteiger partial charge >= 0.3 is 0 Å². The number of hydrogen-bond acceptors (Lipinski definition) is 4. The highest BCUT2D eigenvalue weighted by molar-refractivity contribution is 5.80. The molecule has 2 aromatic rings. The number of hydrogen-bond donors (Lipinski definition) is 0. The third-order valence-corrected chi connectivity index (χ3v) is 2.22. The Morgan fingerprint density at radius 2 is 1.88 bits per heavy atom. The zero-order valence-corrected chi connectivity index (χ0v) is 9.23. The minimum Gasteiger partial charge on any atom is -0.480 e. The zero-order valence-electron chi connectivity index (χ0n) is 9.23. The second kappa shape index (κ2) is 4.26. The molecule has 1 heterocycles. The van der Waals surface area contributed by atoms with Crippen molar-refractivity contribution in [2.24, 2.45) is 0 Å². The van der Waals surface area contributed by atoms with Crippen molar-refractivity contribution >= 4 is 16.8 Å². The minimum atomic E-state index is 0.0443. The van der Waals surface area contributed by atoms with E-state index < -0.39 is 0 Å². The molecule has 4 nitrogen and oxygen atoms in total. The Balaban J connectivity index is 2.58. The summed E-state index contributed by atoms with van der Waals surface area (Å²) in [7, 11) is 1.53. The van der Waals surface area contributed by atoms with Gasteiger partial charge in [0.15, 0.2) is 0 Å². The van der Waals surface area contributed by atoms with Crippen molar-refractivity contribution in [1.29, 1.82) is 0 Å². The third-order valence-electron chi connectivity index (χ3n) is 2.22. The summed E-state index contributed by atoms with van der Waals surface area (Å²) in [5, 5.41) is 0. The molecule has 0 radical (unpaired) electrons. The molecule has 16 heavy (non-hydrogen) atoms. The van der Waals surface area contributed by atoms with E-state index in [-0.39, 0.29) is 12.2 Å². The lowest BCUT2D eigenvalue weighted by atomic mass is 10.2. The second-order valence-corrected chi connectivity index (χ2v) is 3.55. The van der Waals surface area contributed by atoms with Gasteiger partial charge in [-0.2, -0.15) is 0 Å². The highest BCUT2D eigenvalue weighted by Gasteiger charge is 2.10. The van der Waals surface area contributed by atoms with Crippen LogP contribution in [0.25, 0.3) is 11.0 Å². The zero-order chi connectivity index (χ0) is 11.5. The average Bonchev–Trinajstić information content (AvgIpc) is 2.27. The molecule has 0 aliphatic carbocycles. The lowest BCUT2D eigenvalue weighted by molar-refractivity contribution is -0.116. The predicted molar refractivity (Wildman–Crippen MR) is 60.5 cm³/mol. The Morgan fingerprint density at radius 3 is 2.44 bits per heavy atom. The maximum atomic E-state index is 11.1. The first-order valence-electron chi connectivity index (χ1n) is 5.00. The summed E-state index contributed by atoms with van der Waals surface area (Å²) in [6, 6.07) is 7.51. The van der Waals surface area contributed by atoms with Crippen LogP contribution < -0.4 is 4.74 Å². The molecule has 0 unspecified atom stereocenters. The summed E-state index contributed by atoms with van der Waals surface area (Å²) in [6.07, 6.45) is 0.251. The molecule has 82 valence electrons. The quantitative estimate of drug-likeness (QED) is 0.784. The maximum absolute atomic E-state index is 11.1. The standard InChI is InChI=1S/C12H12N2O2/c1-8(15)7-11-12(16-2)14-10-6-4-3-5-9(10)13-11/h3-6H,7H2,1-2H3. The van der Waals surface area contributed by atoms with E-state index in [0.717, 1.165) is 11.0 Å². The SMILES string of the molecule is COc1nc2ccccc2nc1CC(C)=O. The number of ketones is 1. The third kappa shape index (κ3) is 2.00. The van der Waals surface area contributed by atoms with Gasteiger partial charge in [-0.05, 0) is 19.1 Å². The predicted octanol–water partition coefficient (Wildman–Crippen LogP) is 1.77. The summed E-state index contributed by atoms with van der Waals surface area (Å²) in [5.74, 6) is 0.469. The van der Waals surface area contributed by atoms with Gasteiger partial charge in [-0.25, -0.2) is 9.97 Å². The highest BCUT2D eigenvalue weighted by Crippen LogP contribution is 2.18. The number of fused-ring (bicyclic) bond motifs is 1. The molecule has 0 amide bonds. The van der Waals surface area contributed by atoms with Crippen molar-refractivity contribution in [2.45, 2.75) is 13.3 Å². The summed E-state index contributed by atoms with van der Waals surface area (Å²) in [6.45, 7) is 1.52. The van der Waals surface area contributed by atoms with Gasteiger partial charge in [0.1, 0.15) is 11.5 Å². The number of benzene rings is 1. The van der Waals surface area contributed by atoms with Crippen molar-refractivity contribution in [3.05, 3.63) is 30.0 Å². The lowest BCUT2D eigenvalue weighted by Gasteiger charge is -2.06. The van der Waals surface area contributed by atoms with Crippen LogP contribution in [0.15, 0.2) is 24.3 Å². The van der Waals surface area contributed by atoms with Gasteiger partial charge < -0.3 is 4.74 Å². The first-order chi connectivity index (χ1) is 7.70. The Morgan fingerprint density at radius 1 is 1.25 bits per heavy atom. The molecule has 0 fully saturated rings. The molecule has 0 N–H and O–H groups in total. The maximum Gasteiger partial charge on any atom is 0.236 e. The summed E-state index contributed by atoms with van der Waals surface area (Å²) in [5.41, 5.74) is 2.14. The number of methoxy groups -OCH3 is 1. The molecule has 0 saturated heterocycles. The molecule has 0 aliphatic heterocycles. The van der Waals surface area contributed by atoms with Crippen molar-refractivity contribution in [2.75, 3.05) is 7.11 Å². The van der Waals surface area contributed by atoms with E-state index in [2.05, 4.69) is 9.97 Å². The van der Waals surface area contributed by atoms with E-state index in [1.165, 1.54) is 14.0 Å². The van der Waals surface area contributed by atoms with Crippen molar-refractivity contribution < 1.29 is 9.53 Å². The van der Waals surface area contributed by atoms with Crippen LogP contribution in [-0.2, 0) is 11.2 Å². The van der Waals surface area contributed by atoms with Crippen LogP contribution in [0, 0.1) is 0 Å². The summed E-state index contributed by atoms with van der Waals surface area (Å²) >= 11 is 0. The molecule has 1 aromatic heterocycles. The Bertz CT molecular complexity index is 538. The van der Waals surface area contributed by atoms with E-state index in [4.69, 9.17) is 4.74 Å². The molecule has 2 rings (SSSR count). The number of carbonyl (C=O) groups excluding carboxylic acids is 1. The fraction of sp³-hybridized carbons (Fsp3) is 0.250. The molecule has 0 atom stereocenters. The van der Waals surface area contributed by atoms with Crippen LogP contribution >= 0.6 is 0 Å². The largest absolute Gasteiger partial charge is 0.480 e. The van der Waals surface area contributed by atoms with Crippen LogP contribution in [0.2, 0.25) is 0 Å². The first-order valence-corrected chi connectivity index (χ1v) is 5.00. The molecular formula is C12H12N2O2. The van der Waals surface area contributed by atoms with Gasteiger partial charge in [-0.3, -0.25) is 4.79 Å². The number of aromatic nitrogens is 2. The monoisotopic (exact) mass is 216 g/mol. The number of rotatable bonds is 3. The smallest absolute Gasteiger partial charge is 0.236 e. The van der Waals surface area contributed by atoms with Gasteiger partial charge in [0.2, 0.25) is 5.88 Å². The number of nitrogens with zero attached hydrogens (tertiary/aromatic N) is 2. The fourth-order valence-electron chi connectivity index (χ4n) is 1.53. The summed E-state index contributed by atoms with van der Waals surface area (Å²) in [4.78, 5) is 19.8. The van der Waals surface area contributed by atoms with E-state index in [1.54, 1.807) is 0 Å². The van der Waals surface area contributed by atoms with E-state index in [9.17, 15) is 4.79 Å². The first kappa shape index (κ1) is 10.5. The van der Waals surface area contributed by atoms with Crippen molar-refractivity contribution in [3.8, 4) is 5.88 Å². The number of para-hydroxylation sites is 2. The van der Waals surface area contributed by atoms with Gasteiger partial charge in [-0.15, -0.1) is 0 Å². The van der Waals surface area contributed by atoms with Crippen LogP contribution in [0.1, 0.15) is 12.6 Å². The Hall–Kier alpha value is -1.97. The van der Waals surface area contributed by atoms with Gasteiger partial charge in [0, 0.05) is 0 Å². The average molecular weight is 216 g/mol. The normalized spacial score (nSPS) is 10.4. The molecule has 4 heteroatoms. The Labute approximate surface area is 93.3 Å². The second-order valence-electron chi connectivity index (χ2n) is 3.55. The molecule has 0 spiro atoms. The van der Waals surface area contributed by atoms with E-state index in [0.29, 0.717) is 11.6 Å². The van der Waals surface area contributed by atoms with Crippen LogP contribution in [0.4, 0.5) is 0 Å².